The predicted molar refractivity (Wildman–Crippen MR) is 108 cm³/mol. The van der Waals surface area contributed by atoms with E-state index < -0.39 is 0 Å². The van der Waals surface area contributed by atoms with Crippen molar-refractivity contribution in [3.63, 3.8) is 0 Å². The Labute approximate surface area is 155 Å². The average molecular weight is 359 g/mol. The minimum Gasteiger partial charge on any atom is -0.489 e. The molecule has 0 unspecified atom stereocenters. The van der Waals surface area contributed by atoms with E-state index in [4.69, 9.17) is 4.74 Å². The summed E-state index contributed by atoms with van der Waals surface area (Å²) in [7, 11) is 0. The molecule has 0 amide bonds. The van der Waals surface area contributed by atoms with Crippen LogP contribution in [0.4, 0.5) is 5.13 Å². The van der Waals surface area contributed by atoms with Crippen LogP contribution >= 0.6 is 11.3 Å². The normalized spacial score (nSPS) is 11.1. The lowest BCUT2D eigenvalue weighted by molar-refractivity contribution is 0.306. The molecular formula is C21H17N3OS. The summed E-state index contributed by atoms with van der Waals surface area (Å²) in [5.74, 6) is 0.838. The van der Waals surface area contributed by atoms with Crippen molar-refractivity contribution < 1.29 is 4.74 Å². The smallest absolute Gasteiger partial charge is 0.204 e. The first-order valence-electron chi connectivity index (χ1n) is 8.28. The molecule has 0 fully saturated rings. The minimum absolute atomic E-state index is 0.563. The fourth-order valence-electron chi connectivity index (χ4n) is 2.47. The Hall–Kier alpha value is -3.18. The lowest BCUT2D eigenvalue weighted by Crippen LogP contribution is -1.95. The van der Waals surface area contributed by atoms with Gasteiger partial charge in [0, 0.05) is 0 Å². The Kier molecular flexibility index (Phi) is 4.89. The highest BCUT2D eigenvalue weighted by Gasteiger charge is 2.01. The van der Waals surface area contributed by atoms with Crippen LogP contribution in [0.2, 0.25) is 0 Å². The second-order valence-corrected chi connectivity index (χ2v) is 6.73. The fraction of sp³-hybridized carbons (Fsp3) is 0.0476. The molecule has 4 nitrogen and oxygen atoms in total. The number of hydrazone groups is 1. The lowest BCUT2D eigenvalue weighted by Gasteiger charge is -2.06. The Morgan fingerprint density at radius 1 is 0.923 bits per heavy atom. The second kappa shape index (κ2) is 7.80. The number of hydrogen-bond acceptors (Lipinski definition) is 5. The molecule has 0 atom stereocenters. The van der Waals surface area contributed by atoms with E-state index in [1.165, 1.54) is 0 Å². The van der Waals surface area contributed by atoms with Gasteiger partial charge in [0.05, 0.1) is 16.4 Å². The molecule has 0 spiro atoms. The summed E-state index contributed by atoms with van der Waals surface area (Å²) in [6, 6.07) is 26.0. The largest absolute Gasteiger partial charge is 0.489 e. The van der Waals surface area contributed by atoms with Crippen LogP contribution in [0.25, 0.3) is 10.2 Å². The number of nitrogens with zero attached hydrogens (tertiary/aromatic N) is 2. The summed E-state index contributed by atoms with van der Waals surface area (Å²) in [4.78, 5) is 4.48. The number of nitrogens with one attached hydrogen (secondary N) is 1. The number of aromatic nitrogens is 1. The van der Waals surface area contributed by atoms with Gasteiger partial charge < -0.3 is 4.74 Å². The molecule has 128 valence electrons. The quantitative estimate of drug-likeness (QED) is 0.374. The first-order chi connectivity index (χ1) is 12.9. The van der Waals surface area contributed by atoms with E-state index in [1.54, 1.807) is 17.6 Å². The number of rotatable bonds is 6. The van der Waals surface area contributed by atoms with Crippen molar-refractivity contribution in [1.29, 1.82) is 0 Å². The van der Waals surface area contributed by atoms with Gasteiger partial charge >= 0.3 is 0 Å². The van der Waals surface area contributed by atoms with Crippen LogP contribution in [0.1, 0.15) is 11.1 Å². The van der Waals surface area contributed by atoms with Gasteiger partial charge in [-0.15, -0.1) is 0 Å². The van der Waals surface area contributed by atoms with Crippen molar-refractivity contribution >= 4 is 32.9 Å². The number of ether oxygens (including phenoxy) is 1. The lowest BCUT2D eigenvalue weighted by atomic mass is 10.2. The molecule has 4 rings (SSSR count). The highest BCUT2D eigenvalue weighted by molar-refractivity contribution is 7.22. The van der Waals surface area contributed by atoms with E-state index in [0.717, 1.165) is 32.2 Å². The van der Waals surface area contributed by atoms with E-state index in [-0.39, 0.29) is 0 Å². The van der Waals surface area contributed by atoms with Crippen LogP contribution < -0.4 is 10.2 Å². The fourth-order valence-corrected chi connectivity index (χ4v) is 3.29. The number of hydrogen-bond donors (Lipinski definition) is 1. The van der Waals surface area contributed by atoms with Gasteiger partial charge in [-0.1, -0.05) is 53.8 Å². The standard InChI is InChI=1S/C21H17N3OS/c1-2-6-17(7-3-1)15-25-18-12-10-16(11-13-18)14-22-24-21-23-19-8-4-5-9-20(19)26-21/h1-14H,15H2,(H,23,24)/b22-14+. The molecule has 0 aliphatic heterocycles. The Balaban J connectivity index is 1.34. The Morgan fingerprint density at radius 3 is 2.50 bits per heavy atom. The summed E-state index contributed by atoms with van der Waals surface area (Å²) in [6.45, 7) is 0.563. The van der Waals surface area contributed by atoms with Gasteiger partial charge in [-0.3, -0.25) is 5.43 Å². The molecule has 26 heavy (non-hydrogen) atoms. The molecule has 0 bridgehead atoms. The van der Waals surface area contributed by atoms with Crippen LogP contribution in [-0.4, -0.2) is 11.2 Å². The third-order valence-electron chi connectivity index (χ3n) is 3.80. The Bertz CT molecular complexity index is 977. The summed E-state index contributed by atoms with van der Waals surface area (Å²) < 4.78 is 6.93. The molecular weight excluding hydrogens is 342 g/mol. The van der Waals surface area contributed by atoms with Crippen LogP contribution in [0, 0.1) is 0 Å². The first-order valence-corrected chi connectivity index (χ1v) is 9.10. The van der Waals surface area contributed by atoms with E-state index in [9.17, 15) is 0 Å². The summed E-state index contributed by atoms with van der Waals surface area (Å²) in [5.41, 5.74) is 6.11. The molecule has 0 aliphatic rings. The van der Waals surface area contributed by atoms with Crippen molar-refractivity contribution in [2.24, 2.45) is 5.10 Å². The number of anilines is 1. The molecule has 1 N–H and O–H groups in total. The SMILES string of the molecule is C(=N\Nc1nc2ccccc2s1)/c1ccc(OCc2ccccc2)cc1. The second-order valence-electron chi connectivity index (χ2n) is 5.70. The summed E-state index contributed by atoms with van der Waals surface area (Å²) in [5, 5.41) is 5.05. The van der Waals surface area contributed by atoms with E-state index in [1.807, 2.05) is 60.7 Å². The van der Waals surface area contributed by atoms with Gasteiger partial charge in [0.15, 0.2) is 0 Å². The molecule has 0 radical (unpaired) electrons. The third kappa shape index (κ3) is 4.07. The number of fused-ring (bicyclic) bond motifs is 1. The average Bonchev–Trinajstić information content (AvgIpc) is 3.11. The summed E-state index contributed by atoms with van der Waals surface area (Å²) in [6.07, 6.45) is 1.77. The molecule has 0 saturated carbocycles. The number of benzene rings is 3. The van der Waals surface area contributed by atoms with Gasteiger partial charge in [-0.2, -0.15) is 5.10 Å². The third-order valence-corrected chi connectivity index (χ3v) is 4.74. The summed E-state index contributed by atoms with van der Waals surface area (Å²) >= 11 is 1.58. The van der Waals surface area contributed by atoms with Crippen molar-refractivity contribution in [1.82, 2.24) is 4.98 Å². The maximum atomic E-state index is 5.79. The molecule has 1 aromatic heterocycles. The molecule has 4 aromatic rings. The van der Waals surface area contributed by atoms with E-state index in [2.05, 4.69) is 33.7 Å². The Morgan fingerprint density at radius 2 is 1.69 bits per heavy atom. The van der Waals surface area contributed by atoms with Crippen molar-refractivity contribution in [2.45, 2.75) is 6.61 Å². The van der Waals surface area contributed by atoms with Crippen molar-refractivity contribution in [2.75, 3.05) is 5.43 Å². The van der Waals surface area contributed by atoms with Crippen LogP contribution in [-0.2, 0) is 6.61 Å². The molecule has 5 heteroatoms. The minimum atomic E-state index is 0.563. The predicted octanol–water partition coefficient (Wildman–Crippen LogP) is 5.32. The van der Waals surface area contributed by atoms with Gasteiger partial charge in [-0.25, -0.2) is 4.98 Å². The molecule has 0 aliphatic carbocycles. The number of thiazole rings is 1. The molecule has 0 saturated heterocycles. The maximum absolute atomic E-state index is 5.79. The van der Waals surface area contributed by atoms with E-state index in [0.29, 0.717) is 6.61 Å². The number of para-hydroxylation sites is 1. The maximum Gasteiger partial charge on any atom is 0.204 e. The zero-order valence-corrected chi connectivity index (χ0v) is 14.8. The molecule has 1 heterocycles. The zero-order chi connectivity index (χ0) is 17.6. The van der Waals surface area contributed by atoms with Crippen molar-refractivity contribution in [3.05, 3.63) is 90.0 Å². The molecule has 3 aromatic carbocycles. The van der Waals surface area contributed by atoms with E-state index >= 15 is 0 Å². The zero-order valence-electron chi connectivity index (χ0n) is 14.0. The van der Waals surface area contributed by atoms with Crippen LogP contribution in [0.3, 0.4) is 0 Å². The van der Waals surface area contributed by atoms with Gasteiger partial charge in [-0.05, 0) is 47.5 Å². The topological polar surface area (TPSA) is 46.5 Å². The highest BCUT2D eigenvalue weighted by atomic mass is 32.1. The monoisotopic (exact) mass is 359 g/mol. The van der Waals surface area contributed by atoms with Gasteiger partial charge in [0.1, 0.15) is 12.4 Å². The van der Waals surface area contributed by atoms with Gasteiger partial charge in [0.2, 0.25) is 5.13 Å². The van der Waals surface area contributed by atoms with Gasteiger partial charge in [0.25, 0.3) is 0 Å². The van der Waals surface area contributed by atoms with Crippen LogP contribution in [0.15, 0.2) is 84.0 Å². The first kappa shape index (κ1) is 16.3. The highest BCUT2D eigenvalue weighted by Crippen LogP contribution is 2.25. The van der Waals surface area contributed by atoms with Crippen molar-refractivity contribution in [3.8, 4) is 5.75 Å². The van der Waals surface area contributed by atoms with Crippen LogP contribution in [0.5, 0.6) is 5.75 Å².